The lowest BCUT2D eigenvalue weighted by Gasteiger charge is -2.32. The van der Waals surface area contributed by atoms with E-state index in [9.17, 15) is 8.78 Å². The molecule has 1 N–H and O–H groups in total. The third kappa shape index (κ3) is 3.04. The number of halogens is 3. The molecule has 0 aliphatic heterocycles. The van der Waals surface area contributed by atoms with Crippen LogP contribution in [0, 0.1) is 17.3 Å². The van der Waals surface area contributed by atoms with E-state index in [2.05, 4.69) is 19.2 Å². The van der Waals surface area contributed by atoms with Crippen LogP contribution in [0.25, 0.3) is 0 Å². The van der Waals surface area contributed by atoms with Crippen LogP contribution in [0.2, 0.25) is 0 Å². The monoisotopic (exact) mass is 241 g/mol. The molecule has 0 aromatic rings. The predicted molar refractivity (Wildman–Crippen MR) is 61.7 cm³/mol. The Labute approximate surface area is 97.4 Å². The summed E-state index contributed by atoms with van der Waals surface area (Å²) in [6, 6.07) is 0.294. The van der Waals surface area contributed by atoms with Crippen LogP contribution in [-0.2, 0) is 0 Å². The van der Waals surface area contributed by atoms with Crippen molar-refractivity contribution in [2.75, 3.05) is 0 Å². The summed E-state index contributed by atoms with van der Waals surface area (Å²) in [6.07, 6.45) is -2.27. The second-order valence-corrected chi connectivity index (χ2v) is 5.25. The lowest BCUT2D eigenvalue weighted by Crippen LogP contribution is -2.45. The number of nitrogens with one attached hydrogen (secondary N) is 1. The summed E-state index contributed by atoms with van der Waals surface area (Å²) >= 11 is 0. The highest BCUT2D eigenvalue weighted by molar-refractivity contribution is 5.85. The summed E-state index contributed by atoms with van der Waals surface area (Å²) in [5.41, 5.74) is -0.942. The summed E-state index contributed by atoms with van der Waals surface area (Å²) < 4.78 is 25.4. The third-order valence-corrected chi connectivity index (χ3v) is 3.94. The van der Waals surface area contributed by atoms with E-state index in [-0.39, 0.29) is 18.4 Å². The highest BCUT2D eigenvalue weighted by atomic mass is 35.5. The molecule has 0 aromatic heterocycles. The van der Waals surface area contributed by atoms with E-state index < -0.39 is 11.8 Å². The minimum atomic E-state index is -2.27. The van der Waals surface area contributed by atoms with Crippen LogP contribution >= 0.6 is 12.4 Å². The molecule has 0 aromatic carbocycles. The maximum absolute atomic E-state index is 12.7. The van der Waals surface area contributed by atoms with Gasteiger partial charge in [-0.2, -0.15) is 0 Å². The van der Waals surface area contributed by atoms with Crippen molar-refractivity contribution < 1.29 is 8.78 Å². The van der Waals surface area contributed by atoms with Gasteiger partial charge in [0, 0.05) is 17.5 Å². The summed E-state index contributed by atoms with van der Waals surface area (Å²) in [5, 5.41) is 3.29. The van der Waals surface area contributed by atoms with Gasteiger partial charge in [-0.15, -0.1) is 12.4 Å². The zero-order valence-corrected chi connectivity index (χ0v) is 10.9. The summed E-state index contributed by atoms with van der Waals surface area (Å²) in [7, 11) is 0. The van der Waals surface area contributed by atoms with E-state index >= 15 is 0 Å². The molecule has 1 nitrogen and oxygen atoms in total. The van der Waals surface area contributed by atoms with Crippen LogP contribution in [0.4, 0.5) is 8.78 Å². The van der Waals surface area contributed by atoms with Crippen LogP contribution < -0.4 is 5.32 Å². The maximum atomic E-state index is 12.7. The first-order valence-corrected chi connectivity index (χ1v) is 5.32. The Balaban J connectivity index is 0.00000196. The van der Waals surface area contributed by atoms with E-state index in [1.54, 1.807) is 13.8 Å². The second-order valence-electron chi connectivity index (χ2n) is 5.25. The van der Waals surface area contributed by atoms with E-state index in [4.69, 9.17) is 0 Å². The topological polar surface area (TPSA) is 12.0 Å². The second kappa shape index (κ2) is 4.96. The van der Waals surface area contributed by atoms with Gasteiger partial charge in [0.15, 0.2) is 0 Å². The number of hydrogen-bond acceptors (Lipinski definition) is 1. The Morgan fingerprint density at radius 2 is 1.53 bits per heavy atom. The molecule has 0 heterocycles. The van der Waals surface area contributed by atoms with E-state index in [1.165, 1.54) is 0 Å². The number of hydrogen-bond donors (Lipinski definition) is 1. The standard InChI is InChI=1S/C11H21F2N.ClH/c1-6-7(2)9(6)14-8(3)11(4,5)10(12)13;/h6-10,14H,1-5H3;1H/t6-,7-,8?;/m0./s1. The van der Waals surface area contributed by atoms with E-state index in [0.29, 0.717) is 17.9 Å². The normalized spacial score (nSPS) is 32.4. The molecule has 1 aliphatic carbocycles. The molecule has 1 fully saturated rings. The molecule has 3 atom stereocenters. The van der Waals surface area contributed by atoms with Crippen molar-refractivity contribution in [3.63, 3.8) is 0 Å². The van der Waals surface area contributed by atoms with Crippen molar-refractivity contribution in [2.45, 2.75) is 53.1 Å². The highest BCUT2D eigenvalue weighted by Crippen LogP contribution is 2.40. The molecule has 92 valence electrons. The molecule has 4 heteroatoms. The molecule has 0 spiro atoms. The van der Waals surface area contributed by atoms with Gasteiger partial charge in [-0.05, 0) is 18.8 Å². The SMILES string of the molecule is CC(NC1[C@@H](C)[C@@H]1C)C(C)(C)C(F)F.Cl. The molecular formula is C11H22ClF2N. The van der Waals surface area contributed by atoms with Crippen molar-refractivity contribution in [2.24, 2.45) is 17.3 Å². The first-order valence-electron chi connectivity index (χ1n) is 5.32. The van der Waals surface area contributed by atoms with Gasteiger partial charge in [0.1, 0.15) is 0 Å². The minimum absolute atomic E-state index is 0. The highest BCUT2D eigenvalue weighted by Gasteiger charge is 2.46. The Morgan fingerprint density at radius 1 is 1.13 bits per heavy atom. The van der Waals surface area contributed by atoms with Gasteiger partial charge in [-0.3, -0.25) is 0 Å². The zero-order chi connectivity index (χ0) is 11.1. The van der Waals surface area contributed by atoms with Crippen LogP contribution in [-0.4, -0.2) is 18.5 Å². The summed E-state index contributed by atoms with van der Waals surface area (Å²) in [6.45, 7) is 9.40. The lowest BCUT2D eigenvalue weighted by molar-refractivity contribution is -0.00306. The Bertz CT molecular complexity index is 201. The van der Waals surface area contributed by atoms with Crippen LogP contribution in [0.3, 0.4) is 0 Å². The molecule has 0 bridgehead atoms. The first kappa shape index (κ1) is 15.1. The zero-order valence-electron chi connectivity index (χ0n) is 10.1. The number of rotatable bonds is 4. The average molecular weight is 242 g/mol. The molecule has 15 heavy (non-hydrogen) atoms. The Kier molecular flexibility index (Phi) is 5.00. The molecule has 0 saturated heterocycles. The maximum Gasteiger partial charge on any atom is 0.245 e. The average Bonchev–Trinajstić information content (AvgIpc) is 2.61. The lowest BCUT2D eigenvalue weighted by atomic mass is 9.86. The van der Waals surface area contributed by atoms with Gasteiger partial charge in [-0.1, -0.05) is 27.7 Å². The Hall–Kier alpha value is 0.110. The van der Waals surface area contributed by atoms with Crippen LogP contribution in [0.1, 0.15) is 34.6 Å². The molecule has 0 amide bonds. The van der Waals surface area contributed by atoms with Gasteiger partial charge < -0.3 is 5.32 Å². The van der Waals surface area contributed by atoms with Gasteiger partial charge in [-0.25, -0.2) is 8.78 Å². The smallest absolute Gasteiger partial charge is 0.245 e. The summed E-state index contributed by atoms with van der Waals surface area (Å²) in [4.78, 5) is 0. The molecule has 0 radical (unpaired) electrons. The number of alkyl halides is 2. The minimum Gasteiger partial charge on any atom is -0.310 e. The fraction of sp³-hybridized carbons (Fsp3) is 1.00. The van der Waals surface area contributed by atoms with Gasteiger partial charge in [0.05, 0.1) is 0 Å². The summed E-state index contributed by atoms with van der Waals surface area (Å²) in [5.74, 6) is 1.26. The third-order valence-electron chi connectivity index (χ3n) is 3.94. The van der Waals surface area contributed by atoms with Crippen LogP contribution in [0.15, 0.2) is 0 Å². The van der Waals surface area contributed by atoms with Gasteiger partial charge >= 0.3 is 0 Å². The fourth-order valence-corrected chi connectivity index (χ4v) is 1.66. The van der Waals surface area contributed by atoms with Crippen molar-refractivity contribution in [1.82, 2.24) is 5.32 Å². The molecule has 1 unspecified atom stereocenters. The first-order chi connectivity index (χ1) is 6.28. The quantitative estimate of drug-likeness (QED) is 0.796. The van der Waals surface area contributed by atoms with Crippen LogP contribution in [0.5, 0.6) is 0 Å². The van der Waals surface area contributed by atoms with Crippen molar-refractivity contribution in [1.29, 1.82) is 0 Å². The molecule has 1 rings (SSSR count). The van der Waals surface area contributed by atoms with E-state index in [0.717, 1.165) is 0 Å². The molecular weight excluding hydrogens is 220 g/mol. The molecule has 1 aliphatic rings. The van der Waals surface area contributed by atoms with Crippen molar-refractivity contribution in [3.8, 4) is 0 Å². The van der Waals surface area contributed by atoms with Gasteiger partial charge in [0.2, 0.25) is 6.43 Å². The van der Waals surface area contributed by atoms with Crippen molar-refractivity contribution >= 4 is 12.4 Å². The molecule has 1 saturated carbocycles. The predicted octanol–water partition coefficient (Wildman–Crippen LogP) is 3.33. The van der Waals surface area contributed by atoms with Gasteiger partial charge in [0.25, 0.3) is 0 Å². The van der Waals surface area contributed by atoms with E-state index in [1.807, 2.05) is 6.92 Å². The fourth-order valence-electron chi connectivity index (χ4n) is 1.66. The Morgan fingerprint density at radius 3 is 1.80 bits per heavy atom. The largest absolute Gasteiger partial charge is 0.310 e. The van der Waals surface area contributed by atoms with Crippen molar-refractivity contribution in [3.05, 3.63) is 0 Å².